The van der Waals surface area contributed by atoms with Crippen LogP contribution in [-0.4, -0.2) is 39.6 Å². The zero-order chi connectivity index (χ0) is 18.8. The lowest BCUT2D eigenvalue weighted by molar-refractivity contribution is 0.0935. The molecule has 0 aliphatic carbocycles. The lowest BCUT2D eigenvalue weighted by Crippen LogP contribution is -2.39. The molecule has 0 saturated carbocycles. The van der Waals surface area contributed by atoms with Crippen molar-refractivity contribution < 1.29 is 4.79 Å². The molecular formula is C22H25N3O2. The van der Waals surface area contributed by atoms with Gasteiger partial charge < -0.3 is 4.90 Å². The Labute approximate surface area is 158 Å². The van der Waals surface area contributed by atoms with Crippen LogP contribution in [0.4, 0.5) is 0 Å². The predicted molar refractivity (Wildman–Crippen MR) is 107 cm³/mol. The molecule has 0 radical (unpaired) electrons. The van der Waals surface area contributed by atoms with Gasteiger partial charge in [-0.05, 0) is 37.0 Å². The van der Waals surface area contributed by atoms with E-state index in [1.54, 1.807) is 0 Å². The first-order valence-electron chi connectivity index (χ1n) is 9.64. The quantitative estimate of drug-likeness (QED) is 0.714. The molecule has 1 fully saturated rings. The SMILES string of the molecule is CC(=O)n1c(=O)n(C2CCN(CCc3ccccc3)CC2)c2ccccc21. The lowest BCUT2D eigenvalue weighted by atomic mass is 10.0. The van der Waals surface area contributed by atoms with Gasteiger partial charge in [0, 0.05) is 32.6 Å². The van der Waals surface area contributed by atoms with Gasteiger partial charge in [0.2, 0.25) is 5.91 Å². The second-order valence-electron chi connectivity index (χ2n) is 7.30. The van der Waals surface area contributed by atoms with Gasteiger partial charge in [-0.3, -0.25) is 9.36 Å². The summed E-state index contributed by atoms with van der Waals surface area (Å²) in [5.41, 5.74) is 2.73. The molecule has 0 unspecified atom stereocenters. The van der Waals surface area contributed by atoms with Crippen LogP contribution in [0.3, 0.4) is 0 Å². The number of hydrogen-bond donors (Lipinski definition) is 0. The van der Waals surface area contributed by atoms with Gasteiger partial charge in [-0.25, -0.2) is 9.36 Å². The van der Waals surface area contributed by atoms with Crippen LogP contribution < -0.4 is 5.69 Å². The highest BCUT2D eigenvalue weighted by Crippen LogP contribution is 2.25. The number of aromatic nitrogens is 2. The second-order valence-corrected chi connectivity index (χ2v) is 7.30. The van der Waals surface area contributed by atoms with Crippen LogP contribution in [0.2, 0.25) is 0 Å². The molecular weight excluding hydrogens is 338 g/mol. The number of benzene rings is 2. The van der Waals surface area contributed by atoms with Crippen LogP contribution in [0.1, 0.15) is 36.2 Å². The Balaban J connectivity index is 1.49. The van der Waals surface area contributed by atoms with Gasteiger partial charge in [0.25, 0.3) is 0 Å². The monoisotopic (exact) mass is 363 g/mol. The summed E-state index contributed by atoms with van der Waals surface area (Å²) in [6, 6.07) is 18.3. The zero-order valence-electron chi connectivity index (χ0n) is 15.7. The maximum atomic E-state index is 12.9. The lowest BCUT2D eigenvalue weighted by Gasteiger charge is -2.32. The molecule has 0 N–H and O–H groups in total. The number of hydrogen-bond acceptors (Lipinski definition) is 3. The van der Waals surface area contributed by atoms with Crippen LogP contribution in [0, 0.1) is 0 Å². The molecule has 1 saturated heterocycles. The van der Waals surface area contributed by atoms with E-state index in [0.29, 0.717) is 5.52 Å². The van der Waals surface area contributed by atoms with Crippen molar-refractivity contribution in [3.05, 3.63) is 70.6 Å². The van der Waals surface area contributed by atoms with Crippen LogP contribution in [0.15, 0.2) is 59.4 Å². The van der Waals surface area contributed by atoms with E-state index in [2.05, 4.69) is 29.2 Å². The van der Waals surface area contributed by atoms with Gasteiger partial charge in [-0.2, -0.15) is 0 Å². The van der Waals surface area contributed by atoms with E-state index in [-0.39, 0.29) is 17.6 Å². The average molecular weight is 363 g/mol. The van der Waals surface area contributed by atoms with Crippen molar-refractivity contribution in [3.63, 3.8) is 0 Å². The third-order valence-electron chi connectivity index (χ3n) is 5.58. The van der Waals surface area contributed by atoms with Gasteiger partial charge in [0.15, 0.2) is 0 Å². The van der Waals surface area contributed by atoms with Gasteiger partial charge in [0.05, 0.1) is 11.0 Å². The Morgan fingerprint density at radius 2 is 1.59 bits per heavy atom. The van der Waals surface area contributed by atoms with Crippen molar-refractivity contribution >= 4 is 16.9 Å². The van der Waals surface area contributed by atoms with Crippen molar-refractivity contribution in [1.82, 2.24) is 14.0 Å². The standard InChI is InChI=1S/C22H25N3O2/c1-17(26)24-20-9-5-6-10-21(20)25(22(24)27)19-12-15-23(16-13-19)14-11-18-7-3-2-4-8-18/h2-10,19H,11-16H2,1H3. The van der Waals surface area contributed by atoms with Gasteiger partial charge in [-0.1, -0.05) is 42.5 Å². The van der Waals surface area contributed by atoms with E-state index < -0.39 is 0 Å². The van der Waals surface area contributed by atoms with Crippen LogP contribution in [-0.2, 0) is 6.42 Å². The molecule has 0 atom stereocenters. The summed E-state index contributed by atoms with van der Waals surface area (Å²) in [7, 11) is 0. The Morgan fingerprint density at radius 1 is 0.963 bits per heavy atom. The molecule has 4 rings (SSSR count). The second kappa shape index (κ2) is 7.53. The first-order chi connectivity index (χ1) is 13.1. The molecule has 1 aliphatic rings. The molecule has 27 heavy (non-hydrogen) atoms. The number of fused-ring (bicyclic) bond motifs is 1. The summed E-state index contributed by atoms with van der Waals surface area (Å²) < 4.78 is 3.14. The summed E-state index contributed by atoms with van der Waals surface area (Å²) in [5, 5.41) is 0. The van der Waals surface area contributed by atoms with Crippen molar-refractivity contribution in [2.75, 3.05) is 19.6 Å². The maximum absolute atomic E-state index is 12.9. The van der Waals surface area contributed by atoms with Crippen LogP contribution in [0.5, 0.6) is 0 Å². The summed E-state index contributed by atoms with van der Waals surface area (Å²) >= 11 is 0. The molecule has 0 bridgehead atoms. The van der Waals surface area contributed by atoms with Crippen molar-refractivity contribution in [2.24, 2.45) is 0 Å². The van der Waals surface area contributed by atoms with E-state index in [4.69, 9.17) is 0 Å². The molecule has 5 nitrogen and oxygen atoms in total. The average Bonchev–Trinajstić information content (AvgIpc) is 2.99. The van der Waals surface area contributed by atoms with E-state index in [9.17, 15) is 9.59 Å². The van der Waals surface area contributed by atoms with Crippen molar-refractivity contribution in [3.8, 4) is 0 Å². The Hall–Kier alpha value is -2.66. The molecule has 1 aliphatic heterocycles. The molecule has 0 amide bonds. The fraction of sp³-hybridized carbons (Fsp3) is 0.364. The number of nitrogens with zero attached hydrogens (tertiary/aromatic N) is 3. The summed E-state index contributed by atoms with van der Waals surface area (Å²) in [5.74, 6) is -0.227. The highest BCUT2D eigenvalue weighted by molar-refractivity contribution is 5.89. The fourth-order valence-electron chi connectivity index (χ4n) is 4.16. The third kappa shape index (κ3) is 3.47. The Kier molecular flexibility index (Phi) is 4.94. The van der Waals surface area contributed by atoms with E-state index in [0.717, 1.165) is 44.4 Å². The Bertz CT molecular complexity index is 995. The number of imidazole rings is 1. The minimum Gasteiger partial charge on any atom is -0.303 e. The number of likely N-dealkylation sites (tertiary alicyclic amines) is 1. The summed E-state index contributed by atoms with van der Waals surface area (Å²) in [6.45, 7) is 4.44. The number of carbonyl (C=O) groups is 1. The molecule has 140 valence electrons. The minimum atomic E-state index is -0.227. The topological polar surface area (TPSA) is 47.2 Å². The zero-order valence-corrected chi connectivity index (χ0v) is 15.7. The third-order valence-corrected chi connectivity index (χ3v) is 5.58. The minimum absolute atomic E-state index is 0.149. The van der Waals surface area contributed by atoms with Crippen LogP contribution >= 0.6 is 0 Å². The number of para-hydroxylation sites is 2. The first-order valence-corrected chi connectivity index (χ1v) is 9.64. The highest BCUT2D eigenvalue weighted by atomic mass is 16.2. The number of rotatable bonds is 4. The largest absolute Gasteiger partial charge is 0.336 e. The van der Waals surface area contributed by atoms with E-state index in [1.807, 2.05) is 34.9 Å². The summed E-state index contributed by atoms with van der Waals surface area (Å²) in [6.07, 6.45) is 2.91. The van der Waals surface area contributed by atoms with Crippen molar-refractivity contribution in [1.29, 1.82) is 0 Å². The van der Waals surface area contributed by atoms with Gasteiger partial charge in [-0.15, -0.1) is 0 Å². The predicted octanol–water partition coefficient (Wildman–Crippen LogP) is 3.34. The molecule has 5 heteroatoms. The molecule has 2 heterocycles. The molecule has 2 aromatic carbocycles. The number of piperidine rings is 1. The van der Waals surface area contributed by atoms with Crippen molar-refractivity contribution in [2.45, 2.75) is 32.2 Å². The van der Waals surface area contributed by atoms with Crippen LogP contribution in [0.25, 0.3) is 11.0 Å². The van der Waals surface area contributed by atoms with Gasteiger partial charge in [0.1, 0.15) is 0 Å². The van der Waals surface area contributed by atoms with E-state index in [1.165, 1.54) is 17.1 Å². The fourth-order valence-corrected chi connectivity index (χ4v) is 4.16. The highest BCUT2D eigenvalue weighted by Gasteiger charge is 2.25. The maximum Gasteiger partial charge on any atom is 0.336 e. The molecule has 1 aromatic heterocycles. The molecule has 3 aromatic rings. The normalized spacial score (nSPS) is 16.0. The van der Waals surface area contributed by atoms with Gasteiger partial charge >= 0.3 is 5.69 Å². The number of carbonyl (C=O) groups excluding carboxylic acids is 1. The first kappa shape index (κ1) is 17.7. The van der Waals surface area contributed by atoms with E-state index >= 15 is 0 Å². The Morgan fingerprint density at radius 3 is 2.26 bits per heavy atom. The molecule has 0 spiro atoms. The smallest absolute Gasteiger partial charge is 0.303 e. The summed E-state index contributed by atoms with van der Waals surface area (Å²) in [4.78, 5) is 27.4.